The predicted molar refractivity (Wildman–Crippen MR) is 80.7 cm³/mol. The summed E-state index contributed by atoms with van der Waals surface area (Å²) in [5, 5.41) is 2.65. The number of ether oxygens (including phenoxy) is 1. The first-order chi connectivity index (χ1) is 9.75. The molecule has 112 valence electrons. The second-order valence-electron chi connectivity index (χ2n) is 5.73. The van der Waals surface area contributed by atoms with E-state index in [0.29, 0.717) is 5.01 Å². The molecule has 0 saturated carbocycles. The predicted octanol–water partition coefficient (Wildman–Crippen LogP) is 3.52. The van der Waals surface area contributed by atoms with Crippen molar-refractivity contribution in [1.82, 2.24) is 4.98 Å². The molecule has 6 heteroatoms. The van der Waals surface area contributed by atoms with Gasteiger partial charge in [0, 0.05) is 16.5 Å². The maximum absolute atomic E-state index is 13.2. The Balaban J connectivity index is 2.02. The summed E-state index contributed by atoms with van der Waals surface area (Å²) in [7, 11) is 0. The fourth-order valence-electron chi connectivity index (χ4n) is 1.66. The van der Waals surface area contributed by atoms with Gasteiger partial charge in [-0.05, 0) is 18.2 Å². The van der Waals surface area contributed by atoms with Crippen molar-refractivity contribution in [2.75, 3.05) is 5.73 Å². The van der Waals surface area contributed by atoms with Crippen LogP contribution in [0.3, 0.4) is 0 Å². The lowest BCUT2D eigenvalue weighted by atomic mass is 9.93. The minimum atomic E-state index is -0.617. The first kappa shape index (κ1) is 15.4. The summed E-state index contributed by atoms with van der Waals surface area (Å²) in [5.74, 6) is -1.18. The zero-order chi connectivity index (χ0) is 15.6. The highest BCUT2D eigenvalue weighted by Gasteiger charge is 2.18. The number of hydrogen-bond donors (Lipinski definition) is 1. The molecule has 0 spiro atoms. The van der Waals surface area contributed by atoms with Crippen molar-refractivity contribution in [3.05, 3.63) is 45.7 Å². The third-order valence-electron chi connectivity index (χ3n) is 2.80. The summed E-state index contributed by atoms with van der Waals surface area (Å²) >= 11 is 1.43. The molecule has 0 fully saturated rings. The number of anilines is 1. The monoisotopic (exact) mass is 308 g/mol. The van der Waals surface area contributed by atoms with E-state index in [2.05, 4.69) is 25.8 Å². The van der Waals surface area contributed by atoms with Crippen LogP contribution >= 0.6 is 11.3 Å². The molecule has 0 aliphatic heterocycles. The summed E-state index contributed by atoms with van der Waals surface area (Å²) in [5.41, 5.74) is 6.69. The quantitative estimate of drug-likeness (QED) is 0.696. The molecule has 0 atom stereocenters. The summed E-state index contributed by atoms with van der Waals surface area (Å²) in [4.78, 5) is 16.3. The Bertz CT molecular complexity index is 642. The van der Waals surface area contributed by atoms with Crippen molar-refractivity contribution < 1.29 is 13.9 Å². The van der Waals surface area contributed by atoms with Crippen LogP contribution < -0.4 is 5.73 Å². The third kappa shape index (κ3) is 4.01. The van der Waals surface area contributed by atoms with Gasteiger partial charge in [-0.25, -0.2) is 14.2 Å². The standard InChI is InChI=1S/C15H17FN2O2S/c1-15(2,3)12-8-21-13(18-12)7-20-14(19)9-4-10(16)6-11(17)5-9/h4-6,8H,7,17H2,1-3H3. The van der Waals surface area contributed by atoms with Crippen molar-refractivity contribution in [3.63, 3.8) is 0 Å². The fourth-order valence-corrected chi connectivity index (χ4v) is 2.59. The Hall–Kier alpha value is -1.95. The third-order valence-corrected chi connectivity index (χ3v) is 3.63. The van der Waals surface area contributed by atoms with E-state index >= 15 is 0 Å². The summed E-state index contributed by atoms with van der Waals surface area (Å²) < 4.78 is 18.3. The number of carbonyl (C=O) groups excluding carboxylic acids is 1. The number of carbonyl (C=O) groups is 1. The molecule has 4 nitrogen and oxygen atoms in total. The molecular weight excluding hydrogens is 291 g/mol. The number of thiazole rings is 1. The fraction of sp³-hybridized carbons (Fsp3) is 0.333. The first-order valence-electron chi connectivity index (χ1n) is 6.44. The van der Waals surface area contributed by atoms with Crippen LogP contribution in [0.2, 0.25) is 0 Å². The highest BCUT2D eigenvalue weighted by Crippen LogP contribution is 2.24. The molecule has 1 aromatic carbocycles. The highest BCUT2D eigenvalue weighted by molar-refractivity contribution is 7.09. The Kier molecular flexibility index (Phi) is 4.27. The van der Waals surface area contributed by atoms with Gasteiger partial charge in [0.2, 0.25) is 0 Å². The van der Waals surface area contributed by atoms with E-state index in [4.69, 9.17) is 10.5 Å². The van der Waals surface area contributed by atoms with Crippen molar-refractivity contribution in [2.24, 2.45) is 0 Å². The molecule has 2 aromatic rings. The number of nitrogens with zero attached hydrogens (tertiary/aromatic N) is 1. The number of nitrogen functional groups attached to an aromatic ring is 1. The van der Waals surface area contributed by atoms with E-state index in [1.165, 1.54) is 17.4 Å². The lowest BCUT2D eigenvalue weighted by molar-refractivity contribution is 0.0471. The van der Waals surface area contributed by atoms with Crippen LogP contribution in [0, 0.1) is 5.82 Å². The molecular formula is C15H17FN2O2S. The van der Waals surface area contributed by atoms with Gasteiger partial charge in [-0.3, -0.25) is 0 Å². The maximum atomic E-state index is 13.2. The second-order valence-corrected chi connectivity index (χ2v) is 6.67. The van der Waals surface area contributed by atoms with Crippen molar-refractivity contribution >= 4 is 23.0 Å². The van der Waals surface area contributed by atoms with E-state index in [9.17, 15) is 9.18 Å². The van der Waals surface area contributed by atoms with Gasteiger partial charge in [0.15, 0.2) is 0 Å². The van der Waals surface area contributed by atoms with Gasteiger partial charge in [0.05, 0.1) is 11.3 Å². The van der Waals surface area contributed by atoms with Gasteiger partial charge in [-0.2, -0.15) is 0 Å². The molecule has 21 heavy (non-hydrogen) atoms. The van der Waals surface area contributed by atoms with Crippen LogP contribution in [-0.2, 0) is 16.8 Å². The van der Waals surface area contributed by atoms with E-state index in [1.807, 2.05) is 5.38 Å². The first-order valence-corrected chi connectivity index (χ1v) is 7.32. The Morgan fingerprint density at radius 1 is 1.38 bits per heavy atom. The molecule has 0 saturated heterocycles. The minimum absolute atomic E-state index is 0.0459. The molecule has 0 unspecified atom stereocenters. The number of benzene rings is 1. The summed E-state index contributed by atoms with van der Waals surface area (Å²) in [6.07, 6.45) is 0. The number of esters is 1. The minimum Gasteiger partial charge on any atom is -0.455 e. The Labute approximate surface area is 126 Å². The van der Waals surface area contributed by atoms with Crippen molar-refractivity contribution in [2.45, 2.75) is 32.8 Å². The zero-order valence-electron chi connectivity index (χ0n) is 12.1. The van der Waals surface area contributed by atoms with Gasteiger partial charge in [-0.15, -0.1) is 11.3 Å². The van der Waals surface area contributed by atoms with Gasteiger partial charge in [0.25, 0.3) is 0 Å². The Morgan fingerprint density at radius 3 is 2.67 bits per heavy atom. The summed E-state index contributed by atoms with van der Waals surface area (Å²) in [6, 6.07) is 3.63. The van der Waals surface area contributed by atoms with E-state index in [-0.39, 0.29) is 23.3 Å². The number of hydrogen-bond acceptors (Lipinski definition) is 5. The van der Waals surface area contributed by atoms with Gasteiger partial charge in [-0.1, -0.05) is 20.8 Å². The van der Waals surface area contributed by atoms with Gasteiger partial charge >= 0.3 is 5.97 Å². The van der Waals surface area contributed by atoms with Gasteiger partial charge < -0.3 is 10.5 Å². The van der Waals surface area contributed by atoms with Crippen LogP contribution in [0.25, 0.3) is 0 Å². The van der Waals surface area contributed by atoms with Crippen LogP contribution in [0.5, 0.6) is 0 Å². The molecule has 0 bridgehead atoms. The Morgan fingerprint density at radius 2 is 2.10 bits per heavy atom. The van der Waals surface area contributed by atoms with Crippen LogP contribution in [0.4, 0.5) is 10.1 Å². The van der Waals surface area contributed by atoms with Crippen molar-refractivity contribution in [3.8, 4) is 0 Å². The second kappa shape index (κ2) is 5.81. The molecule has 2 N–H and O–H groups in total. The van der Waals surface area contributed by atoms with E-state index in [1.54, 1.807) is 0 Å². The lowest BCUT2D eigenvalue weighted by Gasteiger charge is -2.14. The molecule has 0 aliphatic carbocycles. The number of rotatable bonds is 3. The largest absolute Gasteiger partial charge is 0.455 e. The smallest absolute Gasteiger partial charge is 0.338 e. The average molecular weight is 308 g/mol. The topological polar surface area (TPSA) is 65.2 Å². The molecule has 1 heterocycles. The van der Waals surface area contributed by atoms with Crippen molar-refractivity contribution in [1.29, 1.82) is 0 Å². The molecule has 0 amide bonds. The number of aromatic nitrogens is 1. The van der Waals surface area contributed by atoms with Crippen LogP contribution in [0.1, 0.15) is 41.8 Å². The number of halogens is 1. The molecule has 1 aromatic heterocycles. The normalized spacial score (nSPS) is 11.4. The van der Waals surface area contributed by atoms with Crippen LogP contribution in [0.15, 0.2) is 23.6 Å². The maximum Gasteiger partial charge on any atom is 0.338 e. The molecule has 0 aliphatic rings. The molecule has 2 rings (SSSR count). The molecule has 0 radical (unpaired) electrons. The lowest BCUT2D eigenvalue weighted by Crippen LogP contribution is -2.12. The van der Waals surface area contributed by atoms with Gasteiger partial charge in [0.1, 0.15) is 17.4 Å². The summed E-state index contributed by atoms with van der Waals surface area (Å²) in [6.45, 7) is 6.25. The van der Waals surface area contributed by atoms with Crippen LogP contribution in [-0.4, -0.2) is 11.0 Å². The SMILES string of the molecule is CC(C)(C)c1csc(COC(=O)c2cc(N)cc(F)c2)n1. The van der Waals surface area contributed by atoms with E-state index < -0.39 is 11.8 Å². The average Bonchev–Trinajstić information content (AvgIpc) is 2.83. The highest BCUT2D eigenvalue weighted by atomic mass is 32.1. The van der Waals surface area contributed by atoms with E-state index in [0.717, 1.165) is 17.8 Å². The zero-order valence-corrected chi connectivity index (χ0v) is 13.0. The number of nitrogens with two attached hydrogens (primary N) is 1.